The van der Waals surface area contributed by atoms with Crippen molar-refractivity contribution in [3.05, 3.63) is 31.0 Å². The van der Waals surface area contributed by atoms with Crippen LogP contribution in [0.25, 0.3) is 0 Å². The Labute approximate surface area is 104 Å². The third-order valence-electron chi connectivity index (χ3n) is 1.69. The van der Waals surface area contributed by atoms with Gasteiger partial charge in [0, 0.05) is 34.2 Å². The van der Waals surface area contributed by atoms with E-state index in [2.05, 4.69) is 4.98 Å². The number of alkyl halides is 5. The van der Waals surface area contributed by atoms with Crippen molar-refractivity contribution in [1.29, 1.82) is 0 Å². The first-order valence-corrected chi connectivity index (χ1v) is 4.92. The van der Waals surface area contributed by atoms with Gasteiger partial charge in [0.25, 0.3) is 6.43 Å². The maximum atomic E-state index is 12.5. The van der Waals surface area contributed by atoms with Crippen LogP contribution in [-0.4, -0.2) is 9.91 Å². The smallest absolute Gasteiger partial charge is 0.358 e. The first kappa shape index (κ1) is 14.0. The Morgan fingerprint density at radius 3 is 2.29 bits per heavy atom. The first-order valence-electron chi connectivity index (χ1n) is 3.84. The van der Waals surface area contributed by atoms with Crippen LogP contribution in [0.1, 0.15) is 17.6 Å². The average Bonchev–Trinajstić information content (AvgIpc) is 2.14. The minimum Gasteiger partial charge on any atom is -0.358 e. The SMILES string of the molecule is O=[N+]([O-])c1nc(I)cc(C(F)F)c1C(F)(F)F. The second-order valence-electron chi connectivity index (χ2n) is 2.79. The highest BCUT2D eigenvalue weighted by molar-refractivity contribution is 14.1. The quantitative estimate of drug-likeness (QED) is 0.264. The zero-order chi connectivity index (χ0) is 13.4. The lowest BCUT2D eigenvalue weighted by Gasteiger charge is -2.11. The summed E-state index contributed by atoms with van der Waals surface area (Å²) >= 11 is 1.33. The van der Waals surface area contributed by atoms with E-state index in [0.29, 0.717) is 6.07 Å². The summed E-state index contributed by atoms with van der Waals surface area (Å²) in [7, 11) is 0. The minimum atomic E-state index is -5.26. The number of aromatic nitrogens is 1. The van der Waals surface area contributed by atoms with Gasteiger partial charge in [0.05, 0.1) is 0 Å². The van der Waals surface area contributed by atoms with E-state index in [1.807, 2.05) is 0 Å². The van der Waals surface area contributed by atoms with Crippen LogP contribution < -0.4 is 0 Å². The molecule has 0 aliphatic carbocycles. The fraction of sp³-hybridized carbons (Fsp3) is 0.286. The summed E-state index contributed by atoms with van der Waals surface area (Å²) in [6, 6.07) is 0.473. The number of hydrogen-bond donors (Lipinski definition) is 0. The van der Waals surface area contributed by atoms with Crippen molar-refractivity contribution in [3.63, 3.8) is 0 Å². The van der Waals surface area contributed by atoms with Crippen LogP contribution in [-0.2, 0) is 6.18 Å². The van der Waals surface area contributed by atoms with Gasteiger partial charge in [-0.05, 0) is 9.91 Å². The molecule has 0 atom stereocenters. The molecule has 0 N–H and O–H groups in total. The van der Waals surface area contributed by atoms with E-state index in [1.165, 1.54) is 22.6 Å². The van der Waals surface area contributed by atoms with Crippen molar-refractivity contribution < 1.29 is 26.9 Å². The number of rotatable bonds is 2. The highest BCUT2D eigenvalue weighted by Gasteiger charge is 2.44. The summed E-state index contributed by atoms with van der Waals surface area (Å²) in [6.07, 6.45) is -8.73. The molecule has 0 amide bonds. The lowest BCUT2D eigenvalue weighted by atomic mass is 10.1. The molecule has 0 saturated heterocycles. The number of nitro groups is 1. The van der Waals surface area contributed by atoms with Crippen LogP contribution >= 0.6 is 22.6 Å². The Kier molecular flexibility index (Phi) is 3.84. The zero-order valence-corrected chi connectivity index (χ0v) is 9.79. The Hall–Kier alpha value is -1.07. The molecule has 4 nitrogen and oxygen atoms in total. The molecular weight excluding hydrogens is 366 g/mol. The van der Waals surface area contributed by atoms with Crippen LogP contribution in [0.2, 0.25) is 0 Å². The molecule has 0 radical (unpaired) electrons. The molecule has 10 heteroatoms. The molecular formula is C7H2F5IN2O2. The third kappa shape index (κ3) is 2.98. The maximum absolute atomic E-state index is 12.5. The molecule has 0 unspecified atom stereocenters. The van der Waals surface area contributed by atoms with Crippen LogP contribution in [0.3, 0.4) is 0 Å². The lowest BCUT2D eigenvalue weighted by molar-refractivity contribution is -0.393. The van der Waals surface area contributed by atoms with Gasteiger partial charge < -0.3 is 10.1 Å². The number of halogens is 6. The van der Waals surface area contributed by atoms with Crippen molar-refractivity contribution >= 4 is 28.4 Å². The fourth-order valence-electron chi connectivity index (χ4n) is 1.11. The Bertz CT molecular complexity index is 462. The topological polar surface area (TPSA) is 56.0 Å². The van der Waals surface area contributed by atoms with Gasteiger partial charge in [-0.25, -0.2) is 8.78 Å². The van der Waals surface area contributed by atoms with Gasteiger partial charge in [-0.1, -0.05) is 0 Å². The van der Waals surface area contributed by atoms with Crippen molar-refractivity contribution in [2.24, 2.45) is 0 Å². The molecule has 0 bridgehead atoms. The molecule has 1 aromatic heterocycles. The fourth-order valence-corrected chi connectivity index (χ4v) is 1.68. The van der Waals surface area contributed by atoms with E-state index in [0.717, 1.165) is 0 Å². The molecule has 1 heterocycles. The van der Waals surface area contributed by atoms with Crippen molar-refractivity contribution in [2.75, 3.05) is 0 Å². The molecule has 0 aromatic carbocycles. The van der Waals surface area contributed by atoms with Gasteiger partial charge in [0.1, 0.15) is 0 Å². The molecule has 1 rings (SSSR count). The van der Waals surface area contributed by atoms with Crippen LogP contribution in [0, 0.1) is 13.8 Å². The predicted molar refractivity (Wildman–Crippen MR) is 53.6 cm³/mol. The summed E-state index contributed by atoms with van der Waals surface area (Å²) in [5, 5.41) is 10.4. The van der Waals surface area contributed by atoms with E-state index in [-0.39, 0.29) is 3.70 Å². The second-order valence-corrected chi connectivity index (χ2v) is 3.89. The normalized spacial score (nSPS) is 11.9. The lowest BCUT2D eigenvalue weighted by Crippen LogP contribution is -2.15. The van der Waals surface area contributed by atoms with Crippen LogP contribution in [0.4, 0.5) is 27.8 Å². The molecule has 17 heavy (non-hydrogen) atoms. The Morgan fingerprint density at radius 1 is 1.41 bits per heavy atom. The summed E-state index contributed by atoms with van der Waals surface area (Å²) < 4.78 is 62.0. The monoisotopic (exact) mass is 368 g/mol. The van der Waals surface area contributed by atoms with E-state index >= 15 is 0 Å². The van der Waals surface area contributed by atoms with Gasteiger partial charge in [-0.15, -0.1) is 0 Å². The van der Waals surface area contributed by atoms with E-state index < -0.39 is 34.5 Å². The van der Waals surface area contributed by atoms with Crippen molar-refractivity contribution in [3.8, 4) is 0 Å². The minimum absolute atomic E-state index is 0.308. The Morgan fingerprint density at radius 2 is 1.94 bits per heavy atom. The molecule has 0 aliphatic rings. The first-order chi connectivity index (χ1) is 7.64. The van der Waals surface area contributed by atoms with Gasteiger partial charge in [0.2, 0.25) is 3.70 Å². The molecule has 0 fully saturated rings. The highest BCUT2D eigenvalue weighted by Crippen LogP contribution is 2.41. The van der Waals surface area contributed by atoms with Crippen LogP contribution in [0.15, 0.2) is 6.07 Å². The predicted octanol–water partition coefficient (Wildman–Crippen LogP) is 3.55. The summed E-state index contributed by atoms with van der Waals surface area (Å²) in [5.41, 5.74) is -3.44. The second kappa shape index (κ2) is 4.66. The summed E-state index contributed by atoms with van der Waals surface area (Å²) in [4.78, 5) is 12.0. The molecule has 0 saturated carbocycles. The largest absolute Gasteiger partial charge is 0.425 e. The van der Waals surface area contributed by atoms with E-state index in [4.69, 9.17) is 0 Å². The molecule has 94 valence electrons. The third-order valence-corrected chi connectivity index (χ3v) is 2.24. The van der Waals surface area contributed by atoms with E-state index in [1.54, 1.807) is 0 Å². The number of hydrogen-bond acceptors (Lipinski definition) is 3. The van der Waals surface area contributed by atoms with Crippen molar-refractivity contribution in [2.45, 2.75) is 12.6 Å². The molecule has 0 spiro atoms. The van der Waals surface area contributed by atoms with E-state index in [9.17, 15) is 32.1 Å². The summed E-state index contributed by atoms with van der Waals surface area (Å²) in [5.74, 6) is -1.61. The van der Waals surface area contributed by atoms with Gasteiger partial charge in [0.15, 0.2) is 5.56 Å². The standard InChI is InChI=1S/C7H2F5IN2O2/c8-5(9)2-1-3(13)14-6(15(16)17)4(2)7(10,11)12/h1,5H. The van der Waals surface area contributed by atoms with Crippen molar-refractivity contribution in [1.82, 2.24) is 4.98 Å². The molecule has 1 aromatic rings. The maximum Gasteiger partial charge on any atom is 0.425 e. The average molecular weight is 368 g/mol. The molecule has 0 aliphatic heterocycles. The highest BCUT2D eigenvalue weighted by atomic mass is 127. The zero-order valence-electron chi connectivity index (χ0n) is 7.63. The number of pyridine rings is 1. The van der Waals surface area contributed by atoms with Gasteiger partial charge in [-0.3, -0.25) is 0 Å². The number of nitrogens with zero attached hydrogens (tertiary/aromatic N) is 2. The van der Waals surface area contributed by atoms with Gasteiger partial charge in [-0.2, -0.15) is 13.2 Å². The Balaban J connectivity index is 3.66. The van der Waals surface area contributed by atoms with Gasteiger partial charge >= 0.3 is 12.0 Å². The van der Waals surface area contributed by atoms with Crippen LogP contribution in [0.5, 0.6) is 0 Å². The summed E-state index contributed by atoms with van der Waals surface area (Å²) in [6.45, 7) is 0.